The fourth-order valence-corrected chi connectivity index (χ4v) is 4.20. The van der Waals surface area contributed by atoms with E-state index in [1.807, 2.05) is 12.1 Å². The number of benzene rings is 2. The first kappa shape index (κ1) is 16.1. The molecule has 0 aliphatic rings. The lowest BCUT2D eigenvalue weighted by Crippen LogP contribution is -1.97. The van der Waals surface area contributed by atoms with Crippen LogP contribution in [0.5, 0.6) is 0 Å². The Morgan fingerprint density at radius 2 is 1.80 bits per heavy atom. The van der Waals surface area contributed by atoms with Gasteiger partial charge in [-0.25, -0.2) is 4.39 Å². The number of rotatable bonds is 3. The fraction of sp³-hybridized carbons (Fsp3) is 0.200. The van der Waals surface area contributed by atoms with Crippen molar-refractivity contribution in [2.75, 3.05) is 0 Å². The maximum absolute atomic E-state index is 13.9. The second-order valence-corrected chi connectivity index (χ2v) is 7.30. The van der Waals surface area contributed by atoms with Gasteiger partial charge in [-0.1, -0.05) is 41.6 Å². The number of halogens is 1. The van der Waals surface area contributed by atoms with Gasteiger partial charge < -0.3 is 0 Å². The van der Waals surface area contributed by atoms with Crippen molar-refractivity contribution >= 4 is 28.3 Å². The number of fused-ring (bicyclic) bond motifs is 3. The van der Waals surface area contributed by atoms with Crippen LogP contribution in [-0.4, -0.2) is 14.6 Å². The first-order valence-electron chi connectivity index (χ1n) is 8.16. The summed E-state index contributed by atoms with van der Waals surface area (Å²) in [6.07, 6.45) is 0. The zero-order valence-electron chi connectivity index (χ0n) is 14.4. The van der Waals surface area contributed by atoms with E-state index >= 15 is 0 Å². The molecule has 0 saturated heterocycles. The van der Waals surface area contributed by atoms with E-state index in [4.69, 9.17) is 0 Å². The second kappa shape index (κ2) is 6.15. The third-order valence-electron chi connectivity index (χ3n) is 4.41. The zero-order chi connectivity index (χ0) is 17.6. The average molecular weight is 351 g/mol. The molecule has 4 rings (SSSR count). The van der Waals surface area contributed by atoms with Gasteiger partial charge in [0.25, 0.3) is 0 Å². The molecule has 0 aliphatic carbocycles. The van der Waals surface area contributed by atoms with Crippen LogP contribution in [0.3, 0.4) is 0 Å². The van der Waals surface area contributed by atoms with Crippen molar-refractivity contribution in [2.24, 2.45) is 0 Å². The van der Waals surface area contributed by atoms with Gasteiger partial charge >= 0.3 is 0 Å². The molecule has 0 N–H and O–H groups in total. The third-order valence-corrected chi connectivity index (χ3v) is 5.39. The van der Waals surface area contributed by atoms with Crippen molar-refractivity contribution in [3.63, 3.8) is 0 Å². The molecule has 0 fully saturated rings. The maximum atomic E-state index is 13.9. The van der Waals surface area contributed by atoms with E-state index < -0.39 is 0 Å². The van der Waals surface area contributed by atoms with Crippen LogP contribution in [0, 0.1) is 26.6 Å². The minimum absolute atomic E-state index is 0.184. The third kappa shape index (κ3) is 2.78. The number of pyridine rings is 1. The van der Waals surface area contributed by atoms with Gasteiger partial charge in [0.15, 0.2) is 10.8 Å². The predicted octanol–water partition coefficient (Wildman–Crippen LogP) is 5.24. The molecule has 0 atom stereocenters. The molecule has 2 aromatic heterocycles. The van der Waals surface area contributed by atoms with Crippen molar-refractivity contribution in [3.8, 4) is 0 Å². The van der Waals surface area contributed by atoms with E-state index in [0.717, 1.165) is 16.3 Å². The van der Waals surface area contributed by atoms with Gasteiger partial charge in [-0.15, -0.1) is 10.2 Å². The summed E-state index contributed by atoms with van der Waals surface area (Å²) >= 11 is 1.51. The quantitative estimate of drug-likeness (QED) is 0.473. The standard InChI is InChI=1S/C20H18FN3S/c1-12-8-14(3)19-16(9-12)13(2)10-18-22-23-20(24(18)19)25-11-15-6-4-5-7-17(15)21/h4-10H,11H2,1-3H3. The van der Waals surface area contributed by atoms with Gasteiger partial charge in [-0.05, 0) is 55.7 Å². The first-order chi connectivity index (χ1) is 12.0. The number of aromatic nitrogens is 3. The van der Waals surface area contributed by atoms with Gasteiger partial charge in [-0.2, -0.15) is 0 Å². The molecule has 0 radical (unpaired) electrons. The monoisotopic (exact) mass is 351 g/mol. The predicted molar refractivity (Wildman–Crippen MR) is 101 cm³/mol. The number of thioether (sulfide) groups is 1. The Balaban J connectivity index is 1.85. The molecule has 0 saturated carbocycles. The number of aryl methyl sites for hydroxylation is 3. The van der Waals surface area contributed by atoms with Gasteiger partial charge in [0.05, 0.1) is 5.52 Å². The number of hydrogen-bond acceptors (Lipinski definition) is 3. The molecule has 4 aromatic rings. The molecule has 0 aliphatic heterocycles. The Morgan fingerprint density at radius 3 is 2.60 bits per heavy atom. The molecule has 2 aromatic carbocycles. The van der Waals surface area contributed by atoms with Crippen LogP contribution < -0.4 is 0 Å². The molecule has 126 valence electrons. The Kier molecular flexibility index (Phi) is 3.96. The molecule has 2 heterocycles. The highest BCUT2D eigenvalue weighted by Crippen LogP contribution is 2.30. The minimum Gasteiger partial charge on any atom is -0.270 e. The molecule has 0 bridgehead atoms. The van der Waals surface area contributed by atoms with Crippen LogP contribution in [0.2, 0.25) is 0 Å². The summed E-state index contributed by atoms with van der Waals surface area (Å²) < 4.78 is 16.0. The summed E-state index contributed by atoms with van der Waals surface area (Å²) in [5.41, 5.74) is 6.24. The maximum Gasteiger partial charge on any atom is 0.196 e. The van der Waals surface area contributed by atoms with Gasteiger partial charge in [0.1, 0.15) is 5.82 Å². The largest absolute Gasteiger partial charge is 0.270 e. The topological polar surface area (TPSA) is 30.2 Å². The first-order valence-corrected chi connectivity index (χ1v) is 9.15. The number of nitrogens with zero attached hydrogens (tertiary/aromatic N) is 3. The van der Waals surface area contributed by atoms with Crippen molar-refractivity contribution < 1.29 is 4.39 Å². The summed E-state index contributed by atoms with van der Waals surface area (Å²) in [6.45, 7) is 6.32. The van der Waals surface area contributed by atoms with Gasteiger partial charge in [0.2, 0.25) is 0 Å². The molecule has 0 unspecified atom stereocenters. The second-order valence-electron chi connectivity index (χ2n) is 6.36. The highest BCUT2D eigenvalue weighted by molar-refractivity contribution is 7.98. The molecular formula is C20H18FN3S. The fourth-order valence-electron chi connectivity index (χ4n) is 3.27. The molecule has 5 heteroatoms. The van der Waals surface area contributed by atoms with Crippen LogP contribution in [0.25, 0.3) is 16.6 Å². The van der Waals surface area contributed by atoms with Crippen molar-refractivity contribution in [1.29, 1.82) is 0 Å². The van der Waals surface area contributed by atoms with Crippen molar-refractivity contribution in [3.05, 3.63) is 70.5 Å². The van der Waals surface area contributed by atoms with E-state index in [1.165, 1.54) is 39.9 Å². The molecule has 3 nitrogen and oxygen atoms in total. The lowest BCUT2D eigenvalue weighted by atomic mass is 10.0. The SMILES string of the molecule is Cc1cc(C)c2c(c1)c(C)cc1nnc(SCc3ccccc3F)n12. The number of hydrogen-bond donors (Lipinski definition) is 0. The molecule has 0 amide bonds. The Morgan fingerprint density at radius 1 is 1.00 bits per heavy atom. The normalized spacial score (nSPS) is 11.5. The van der Waals surface area contributed by atoms with E-state index in [0.29, 0.717) is 11.3 Å². The molecule has 0 spiro atoms. The summed E-state index contributed by atoms with van der Waals surface area (Å²) in [4.78, 5) is 0. The zero-order valence-corrected chi connectivity index (χ0v) is 15.2. The summed E-state index contributed by atoms with van der Waals surface area (Å²) in [5.74, 6) is 0.338. The Labute approximate surface area is 149 Å². The van der Waals surface area contributed by atoms with Gasteiger partial charge in [-0.3, -0.25) is 4.40 Å². The van der Waals surface area contributed by atoms with E-state index in [9.17, 15) is 4.39 Å². The lowest BCUT2D eigenvalue weighted by molar-refractivity contribution is 0.617. The molecule has 25 heavy (non-hydrogen) atoms. The van der Waals surface area contributed by atoms with E-state index in [1.54, 1.807) is 6.07 Å². The van der Waals surface area contributed by atoms with Crippen molar-refractivity contribution in [1.82, 2.24) is 14.6 Å². The van der Waals surface area contributed by atoms with Crippen LogP contribution >= 0.6 is 11.8 Å². The van der Waals surface area contributed by atoms with E-state index in [2.05, 4.69) is 53.6 Å². The van der Waals surface area contributed by atoms with Crippen molar-refractivity contribution in [2.45, 2.75) is 31.7 Å². The molecular weight excluding hydrogens is 333 g/mol. The van der Waals surface area contributed by atoms with Gasteiger partial charge in [0, 0.05) is 11.1 Å². The summed E-state index contributed by atoms with van der Waals surface area (Å²) in [7, 11) is 0. The minimum atomic E-state index is -0.184. The van der Waals surface area contributed by atoms with Crippen LogP contribution in [0.4, 0.5) is 4.39 Å². The highest BCUT2D eigenvalue weighted by Gasteiger charge is 2.14. The van der Waals surface area contributed by atoms with Crippen LogP contribution in [0.1, 0.15) is 22.3 Å². The average Bonchev–Trinajstić information content (AvgIpc) is 2.96. The Bertz CT molecular complexity index is 1100. The summed E-state index contributed by atoms with van der Waals surface area (Å²) in [6, 6.07) is 13.3. The van der Waals surface area contributed by atoms with Crippen LogP contribution in [-0.2, 0) is 5.75 Å². The van der Waals surface area contributed by atoms with E-state index in [-0.39, 0.29) is 5.82 Å². The summed E-state index contributed by atoms with van der Waals surface area (Å²) in [5, 5.41) is 10.7. The Hall–Kier alpha value is -2.40. The van der Waals surface area contributed by atoms with Crippen LogP contribution in [0.15, 0.2) is 47.6 Å². The highest BCUT2D eigenvalue weighted by atomic mass is 32.2. The smallest absolute Gasteiger partial charge is 0.196 e. The lowest BCUT2D eigenvalue weighted by Gasteiger charge is -2.11.